The van der Waals surface area contributed by atoms with Gasteiger partial charge in [-0.25, -0.2) is 4.79 Å². The molecule has 126 valence electrons. The molecular formula is C17H21N5OS. The van der Waals surface area contributed by atoms with Crippen molar-refractivity contribution in [3.05, 3.63) is 40.9 Å². The molecule has 2 heterocycles. The molecule has 1 aliphatic heterocycles. The fourth-order valence-electron chi connectivity index (χ4n) is 3.03. The number of nitrogens with one attached hydrogen (secondary N) is 2. The third-order valence-corrected chi connectivity index (χ3v) is 5.45. The third-order valence-electron chi connectivity index (χ3n) is 4.44. The number of aromatic nitrogens is 2. The van der Waals surface area contributed by atoms with E-state index in [2.05, 4.69) is 50.0 Å². The normalized spacial score (nSPS) is 20.9. The number of carbonyl (C=O) groups excluding carboxylic acids is 1. The summed E-state index contributed by atoms with van der Waals surface area (Å²) in [5, 5.41) is 15.7. The van der Waals surface area contributed by atoms with Gasteiger partial charge in [0.15, 0.2) is 0 Å². The molecule has 2 fully saturated rings. The Bertz CT molecular complexity index is 700. The maximum absolute atomic E-state index is 12.1. The number of nitrogens with zero attached hydrogens (tertiary/aromatic N) is 3. The summed E-state index contributed by atoms with van der Waals surface area (Å²) in [7, 11) is 0. The molecule has 1 aromatic carbocycles. The lowest BCUT2D eigenvalue weighted by Gasteiger charge is -2.16. The Balaban J connectivity index is 1.24. The standard InChI is InChI=1S/C17H21N5OS/c23-16(19-17-21-20-15(24-17)13-6-7-13)18-14-8-9-22(11-14)10-12-4-2-1-3-5-12/h1-5,13-14H,6-11H2,(H2,18,19,21,23)/t14-/m0/s1. The molecular weight excluding hydrogens is 322 g/mol. The Hall–Kier alpha value is -1.99. The number of amides is 2. The highest BCUT2D eigenvalue weighted by Crippen LogP contribution is 2.42. The van der Waals surface area contributed by atoms with Gasteiger partial charge in [0.05, 0.1) is 0 Å². The second kappa shape index (κ2) is 6.86. The molecule has 1 saturated carbocycles. The Morgan fingerprint density at radius 1 is 1.21 bits per heavy atom. The van der Waals surface area contributed by atoms with E-state index in [4.69, 9.17) is 0 Å². The Kier molecular flexibility index (Phi) is 4.44. The van der Waals surface area contributed by atoms with Gasteiger partial charge in [0.2, 0.25) is 5.13 Å². The zero-order valence-corrected chi connectivity index (χ0v) is 14.3. The van der Waals surface area contributed by atoms with E-state index in [0.29, 0.717) is 11.0 Å². The highest BCUT2D eigenvalue weighted by atomic mass is 32.1. The fraction of sp³-hybridized carbons (Fsp3) is 0.471. The van der Waals surface area contributed by atoms with Crippen LogP contribution in [0.5, 0.6) is 0 Å². The van der Waals surface area contributed by atoms with Crippen LogP contribution in [0.3, 0.4) is 0 Å². The first-order valence-electron chi connectivity index (χ1n) is 8.43. The van der Waals surface area contributed by atoms with E-state index in [1.807, 2.05) is 6.07 Å². The zero-order valence-electron chi connectivity index (χ0n) is 13.4. The zero-order chi connectivity index (χ0) is 16.4. The first-order chi connectivity index (χ1) is 11.8. The molecule has 4 rings (SSSR count). The Morgan fingerprint density at radius 2 is 2.04 bits per heavy atom. The maximum Gasteiger partial charge on any atom is 0.321 e. The average molecular weight is 343 g/mol. The maximum atomic E-state index is 12.1. The lowest BCUT2D eigenvalue weighted by Crippen LogP contribution is -2.39. The van der Waals surface area contributed by atoms with Crippen LogP contribution in [0.2, 0.25) is 0 Å². The molecule has 6 nitrogen and oxygen atoms in total. The molecule has 2 amide bonds. The van der Waals surface area contributed by atoms with E-state index in [-0.39, 0.29) is 12.1 Å². The lowest BCUT2D eigenvalue weighted by molar-refractivity contribution is 0.247. The summed E-state index contributed by atoms with van der Waals surface area (Å²) in [5.41, 5.74) is 1.31. The van der Waals surface area contributed by atoms with Gasteiger partial charge < -0.3 is 5.32 Å². The van der Waals surface area contributed by atoms with Gasteiger partial charge in [0.25, 0.3) is 0 Å². The Labute approximate surface area is 145 Å². The molecule has 2 aromatic rings. The SMILES string of the molecule is O=C(Nc1nnc(C2CC2)s1)N[C@H]1CCN(Cc2ccccc2)C1. The predicted octanol–water partition coefficient (Wildman–Crippen LogP) is 2.81. The summed E-state index contributed by atoms with van der Waals surface area (Å²) in [6, 6.07) is 10.4. The number of anilines is 1. The van der Waals surface area contributed by atoms with E-state index < -0.39 is 0 Å². The van der Waals surface area contributed by atoms with Gasteiger partial charge in [-0.3, -0.25) is 10.2 Å². The van der Waals surface area contributed by atoms with Crippen LogP contribution in [0.25, 0.3) is 0 Å². The second-order valence-electron chi connectivity index (χ2n) is 6.52. The summed E-state index contributed by atoms with van der Waals surface area (Å²) < 4.78 is 0. The van der Waals surface area contributed by atoms with Crippen molar-refractivity contribution in [2.45, 2.75) is 37.8 Å². The van der Waals surface area contributed by atoms with E-state index in [9.17, 15) is 4.79 Å². The molecule has 0 radical (unpaired) electrons. The first kappa shape index (κ1) is 15.5. The van der Waals surface area contributed by atoms with Crippen molar-refractivity contribution < 1.29 is 4.79 Å². The van der Waals surface area contributed by atoms with Gasteiger partial charge in [-0.05, 0) is 24.8 Å². The summed E-state index contributed by atoms with van der Waals surface area (Å²) in [5.74, 6) is 0.572. The van der Waals surface area contributed by atoms with Crippen LogP contribution in [0.15, 0.2) is 30.3 Å². The summed E-state index contributed by atoms with van der Waals surface area (Å²) >= 11 is 1.49. The minimum Gasteiger partial charge on any atom is -0.334 e. The van der Waals surface area contributed by atoms with Crippen LogP contribution < -0.4 is 10.6 Å². The highest BCUT2D eigenvalue weighted by Gasteiger charge is 2.28. The molecule has 0 unspecified atom stereocenters. The van der Waals surface area contributed by atoms with Gasteiger partial charge in [0, 0.05) is 31.6 Å². The van der Waals surface area contributed by atoms with E-state index in [0.717, 1.165) is 31.1 Å². The number of benzene rings is 1. The summed E-state index contributed by atoms with van der Waals surface area (Å²) in [4.78, 5) is 14.5. The monoisotopic (exact) mass is 343 g/mol. The van der Waals surface area contributed by atoms with E-state index >= 15 is 0 Å². The predicted molar refractivity (Wildman–Crippen MR) is 94.2 cm³/mol. The van der Waals surface area contributed by atoms with Gasteiger partial charge in [0.1, 0.15) is 5.01 Å². The number of rotatable bonds is 5. The molecule has 0 spiro atoms. The molecule has 0 bridgehead atoms. The van der Waals surface area contributed by atoms with Gasteiger partial charge in [-0.15, -0.1) is 10.2 Å². The fourth-order valence-corrected chi connectivity index (χ4v) is 3.94. The Morgan fingerprint density at radius 3 is 2.83 bits per heavy atom. The molecule has 7 heteroatoms. The highest BCUT2D eigenvalue weighted by molar-refractivity contribution is 7.15. The average Bonchev–Trinajstić information content (AvgIpc) is 3.18. The van der Waals surface area contributed by atoms with Crippen LogP contribution >= 0.6 is 11.3 Å². The van der Waals surface area contributed by atoms with Crippen LogP contribution in [0.1, 0.15) is 35.8 Å². The van der Waals surface area contributed by atoms with Gasteiger partial charge >= 0.3 is 6.03 Å². The molecule has 1 saturated heterocycles. The van der Waals surface area contributed by atoms with Crippen molar-refractivity contribution in [2.24, 2.45) is 0 Å². The van der Waals surface area contributed by atoms with Crippen LogP contribution in [-0.2, 0) is 6.54 Å². The topological polar surface area (TPSA) is 70.1 Å². The van der Waals surface area contributed by atoms with Crippen molar-refractivity contribution in [1.82, 2.24) is 20.4 Å². The number of hydrogen-bond acceptors (Lipinski definition) is 5. The summed E-state index contributed by atoms with van der Waals surface area (Å²) in [6.07, 6.45) is 3.37. The van der Waals surface area contributed by atoms with Crippen molar-refractivity contribution in [3.8, 4) is 0 Å². The van der Waals surface area contributed by atoms with Crippen molar-refractivity contribution in [3.63, 3.8) is 0 Å². The minimum absolute atomic E-state index is 0.181. The number of carbonyl (C=O) groups is 1. The lowest BCUT2D eigenvalue weighted by atomic mass is 10.2. The van der Waals surface area contributed by atoms with Crippen LogP contribution in [-0.4, -0.2) is 40.3 Å². The molecule has 1 atom stereocenters. The van der Waals surface area contributed by atoms with Crippen molar-refractivity contribution >= 4 is 22.5 Å². The number of urea groups is 1. The van der Waals surface area contributed by atoms with Crippen molar-refractivity contribution in [1.29, 1.82) is 0 Å². The molecule has 2 aliphatic rings. The third kappa shape index (κ3) is 3.91. The summed E-state index contributed by atoms with van der Waals surface area (Å²) in [6.45, 7) is 2.82. The van der Waals surface area contributed by atoms with Gasteiger partial charge in [-0.2, -0.15) is 0 Å². The van der Waals surface area contributed by atoms with E-state index in [1.54, 1.807) is 0 Å². The van der Waals surface area contributed by atoms with E-state index in [1.165, 1.54) is 29.7 Å². The van der Waals surface area contributed by atoms with Gasteiger partial charge in [-0.1, -0.05) is 41.7 Å². The minimum atomic E-state index is -0.181. The van der Waals surface area contributed by atoms with Crippen LogP contribution in [0.4, 0.5) is 9.93 Å². The number of likely N-dealkylation sites (tertiary alicyclic amines) is 1. The van der Waals surface area contributed by atoms with Crippen LogP contribution in [0, 0.1) is 0 Å². The molecule has 1 aromatic heterocycles. The second-order valence-corrected chi connectivity index (χ2v) is 7.53. The van der Waals surface area contributed by atoms with Crippen molar-refractivity contribution in [2.75, 3.05) is 18.4 Å². The molecule has 2 N–H and O–H groups in total. The molecule has 1 aliphatic carbocycles. The molecule has 24 heavy (non-hydrogen) atoms. The smallest absolute Gasteiger partial charge is 0.321 e. The quantitative estimate of drug-likeness (QED) is 0.876. The number of hydrogen-bond donors (Lipinski definition) is 2. The first-order valence-corrected chi connectivity index (χ1v) is 9.25. The largest absolute Gasteiger partial charge is 0.334 e.